The lowest BCUT2D eigenvalue weighted by Gasteiger charge is -1.90. The number of hydrogen-bond donors (Lipinski definition) is 1. The Bertz CT molecular complexity index is 419. The Morgan fingerprint density at radius 2 is 2.29 bits per heavy atom. The van der Waals surface area contributed by atoms with Crippen LogP contribution in [-0.2, 0) is 6.42 Å². The number of rotatable bonds is 3. The van der Waals surface area contributed by atoms with Crippen molar-refractivity contribution in [3.8, 4) is 11.5 Å². The van der Waals surface area contributed by atoms with E-state index in [1.807, 2.05) is 6.92 Å². The summed E-state index contributed by atoms with van der Waals surface area (Å²) in [6, 6.07) is 0. The molecule has 5 nitrogen and oxygen atoms in total. The van der Waals surface area contributed by atoms with Gasteiger partial charge in [-0.3, -0.25) is 0 Å². The molecule has 0 saturated carbocycles. The Balaban J connectivity index is 2.29. The van der Waals surface area contributed by atoms with Crippen LogP contribution in [0.25, 0.3) is 11.5 Å². The molecule has 0 spiro atoms. The molecule has 0 unspecified atom stereocenters. The van der Waals surface area contributed by atoms with Crippen LogP contribution >= 0.6 is 0 Å². The lowest BCUT2D eigenvalue weighted by molar-refractivity contribution is 0.481. The third-order valence-electron chi connectivity index (χ3n) is 1.88. The van der Waals surface area contributed by atoms with Crippen LogP contribution in [0.1, 0.15) is 11.6 Å². The first-order chi connectivity index (χ1) is 6.81. The van der Waals surface area contributed by atoms with E-state index in [9.17, 15) is 0 Å². The highest BCUT2D eigenvalue weighted by Crippen LogP contribution is 2.22. The monoisotopic (exact) mass is 193 g/mol. The molecule has 0 fully saturated rings. The molecule has 0 aromatic carbocycles. The van der Waals surface area contributed by atoms with Gasteiger partial charge in [-0.05, 0) is 6.92 Å². The van der Waals surface area contributed by atoms with Gasteiger partial charge in [0.1, 0.15) is 0 Å². The lowest BCUT2D eigenvalue weighted by Crippen LogP contribution is -2.02. The van der Waals surface area contributed by atoms with Crippen molar-refractivity contribution in [2.45, 2.75) is 13.3 Å². The Hall–Kier alpha value is -1.62. The number of aryl methyl sites for hydroxylation is 1. The van der Waals surface area contributed by atoms with Gasteiger partial charge < -0.3 is 14.6 Å². The maximum Gasteiger partial charge on any atom is 0.196 e. The first kappa shape index (κ1) is 8.96. The minimum atomic E-state index is 0.523. The summed E-state index contributed by atoms with van der Waals surface area (Å²) < 4.78 is 10.6. The molecule has 74 valence electrons. The molecule has 0 atom stereocenters. The molecule has 0 radical (unpaired) electrons. The molecular weight excluding hydrogens is 182 g/mol. The van der Waals surface area contributed by atoms with Gasteiger partial charge in [0.2, 0.25) is 0 Å². The van der Waals surface area contributed by atoms with Crippen molar-refractivity contribution in [2.75, 3.05) is 6.54 Å². The summed E-state index contributed by atoms with van der Waals surface area (Å²) in [6.45, 7) is 2.37. The van der Waals surface area contributed by atoms with E-state index in [0.717, 1.165) is 5.69 Å². The van der Waals surface area contributed by atoms with Gasteiger partial charge in [-0.1, -0.05) is 0 Å². The van der Waals surface area contributed by atoms with E-state index < -0.39 is 0 Å². The first-order valence-electron chi connectivity index (χ1n) is 4.36. The quantitative estimate of drug-likeness (QED) is 0.790. The fraction of sp³-hybridized carbons (Fsp3) is 0.333. The Labute approximate surface area is 81.0 Å². The third kappa shape index (κ3) is 1.54. The summed E-state index contributed by atoms with van der Waals surface area (Å²) >= 11 is 0. The van der Waals surface area contributed by atoms with Crippen LogP contribution in [0.5, 0.6) is 0 Å². The van der Waals surface area contributed by atoms with Crippen LogP contribution in [0.4, 0.5) is 0 Å². The molecule has 0 aliphatic carbocycles. The summed E-state index contributed by atoms with van der Waals surface area (Å²) in [7, 11) is 0. The van der Waals surface area contributed by atoms with Crippen LogP contribution in [0.15, 0.2) is 21.4 Å². The summed E-state index contributed by atoms with van der Waals surface area (Å²) in [5.41, 5.74) is 6.17. The second-order valence-electron chi connectivity index (χ2n) is 2.92. The number of hydrogen-bond acceptors (Lipinski definition) is 5. The predicted octanol–water partition coefficient (Wildman–Crippen LogP) is 1.14. The van der Waals surface area contributed by atoms with Gasteiger partial charge in [0.25, 0.3) is 0 Å². The van der Waals surface area contributed by atoms with Gasteiger partial charge in [0.15, 0.2) is 23.8 Å². The minimum absolute atomic E-state index is 0.523. The molecule has 2 aromatic rings. The van der Waals surface area contributed by atoms with E-state index in [1.54, 1.807) is 6.20 Å². The highest BCUT2D eigenvalue weighted by molar-refractivity contribution is 5.50. The maximum absolute atomic E-state index is 5.42. The average molecular weight is 193 g/mol. The van der Waals surface area contributed by atoms with Gasteiger partial charge in [-0.15, -0.1) is 0 Å². The number of nitrogens with zero attached hydrogens (tertiary/aromatic N) is 2. The number of oxazole rings is 2. The summed E-state index contributed by atoms with van der Waals surface area (Å²) in [5, 5.41) is 0. The molecule has 5 heteroatoms. The van der Waals surface area contributed by atoms with Crippen molar-refractivity contribution >= 4 is 0 Å². The van der Waals surface area contributed by atoms with Gasteiger partial charge >= 0.3 is 0 Å². The normalized spacial score (nSPS) is 10.7. The molecule has 0 amide bonds. The largest absolute Gasteiger partial charge is 0.440 e. The fourth-order valence-corrected chi connectivity index (χ4v) is 1.19. The molecule has 2 heterocycles. The topological polar surface area (TPSA) is 78.1 Å². The van der Waals surface area contributed by atoms with Crippen molar-refractivity contribution in [1.29, 1.82) is 0 Å². The molecule has 14 heavy (non-hydrogen) atoms. The van der Waals surface area contributed by atoms with E-state index in [2.05, 4.69) is 9.97 Å². The number of nitrogens with two attached hydrogens (primary N) is 1. The van der Waals surface area contributed by atoms with Gasteiger partial charge in [0, 0.05) is 13.0 Å². The van der Waals surface area contributed by atoms with Crippen LogP contribution in [-0.4, -0.2) is 16.5 Å². The lowest BCUT2D eigenvalue weighted by atomic mass is 10.3. The smallest absolute Gasteiger partial charge is 0.196 e. The summed E-state index contributed by atoms with van der Waals surface area (Å²) in [4.78, 5) is 8.04. The number of aromatic nitrogens is 2. The molecule has 0 aliphatic rings. The van der Waals surface area contributed by atoms with Crippen molar-refractivity contribution in [3.05, 3.63) is 24.2 Å². The maximum atomic E-state index is 5.42. The van der Waals surface area contributed by atoms with E-state index in [1.165, 1.54) is 6.39 Å². The van der Waals surface area contributed by atoms with E-state index >= 15 is 0 Å². The van der Waals surface area contributed by atoms with E-state index in [0.29, 0.717) is 30.4 Å². The zero-order valence-electron chi connectivity index (χ0n) is 7.86. The summed E-state index contributed by atoms with van der Waals surface area (Å²) in [5.74, 6) is 1.85. The minimum Gasteiger partial charge on any atom is -0.440 e. The molecule has 0 bridgehead atoms. The predicted molar refractivity (Wildman–Crippen MR) is 49.5 cm³/mol. The van der Waals surface area contributed by atoms with Crippen LogP contribution in [0.3, 0.4) is 0 Å². The van der Waals surface area contributed by atoms with E-state index in [4.69, 9.17) is 14.6 Å². The molecule has 2 N–H and O–H groups in total. The molecular formula is C9H11N3O2. The van der Waals surface area contributed by atoms with Crippen molar-refractivity contribution in [2.24, 2.45) is 5.73 Å². The Morgan fingerprint density at radius 1 is 1.43 bits per heavy atom. The fourth-order valence-electron chi connectivity index (χ4n) is 1.19. The van der Waals surface area contributed by atoms with Gasteiger partial charge in [0.05, 0.1) is 11.9 Å². The summed E-state index contributed by atoms with van der Waals surface area (Å²) in [6.07, 6.45) is 3.64. The Kier molecular flexibility index (Phi) is 2.32. The van der Waals surface area contributed by atoms with Crippen molar-refractivity contribution in [1.82, 2.24) is 9.97 Å². The second-order valence-corrected chi connectivity index (χ2v) is 2.92. The van der Waals surface area contributed by atoms with Crippen molar-refractivity contribution < 1.29 is 8.83 Å². The van der Waals surface area contributed by atoms with E-state index in [-0.39, 0.29) is 0 Å². The highest BCUT2D eigenvalue weighted by atomic mass is 16.4. The SMILES string of the molecule is Cc1ncoc1-c1cnc(CCN)o1. The molecule has 0 saturated heterocycles. The van der Waals surface area contributed by atoms with Gasteiger partial charge in [-0.2, -0.15) is 0 Å². The zero-order chi connectivity index (χ0) is 9.97. The molecule has 0 aliphatic heterocycles. The zero-order valence-corrected chi connectivity index (χ0v) is 7.86. The molecule has 2 aromatic heterocycles. The van der Waals surface area contributed by atoms with Crippen LogP contribution in [0.2, 0.25) is 0 Å². The second kappa shape index (κ2) is 3.63. The highest BCUT2D eigenvalue weighted by Gasteiger charge is 2.12. The standard InChI is InChI=1S/C9H11N3O2/c1-6-9(13-5-12-6)7-4-11-8(14-7)2-3-10/h4-5H,2-3,10H2,1H3. The Morgan fingerprint density at radius 3 is 2.93 bits per heavy atom. The third-order valence-corrected chi connectivity index (χ3v) is 1.88. The van der Waals surface area contributed by atoms with Crippen LogP contribution in [0, 0.1) is 6.92 Å². The van der Waals surface area contributed by atoms with Crippen LogP contribution < -0.4 is 5.73 Å². The first-order valence-corrected chi connectivity index (χ1v) is 4.36. The average Bonchev–Trinajstić information content (AvgIpc) is 2.74. The molecule has 2 rings (SSSR count). The van der Waals surface area contributed by atoms with Gasteiger partial charge in [-0.25, -0.2) is 9.97 Å². The van der Waals surface area contributed by atoms with Crippen molar-refractivity contribution in [3.63, 3.8) is 0 Å².